The van der Waals surface area contributed by atoms with Crippen molar-refractivity contribution in [3.05, 3.63) is 81.8 Å². The molecule has 4 rings (SSSR count). The molecule has 0 bridgehead atoms. The third-order valence-electron chi connectivity index (χ3n) is 4.71. The van der Waals surface area contributed by atoms with E-state index in [0.717, 1.165) is 28.6 Å². The Kier molecular flexibility index (Phi) is 4.10. The number of carbonyl (C=O) groups is 1. The predicted molar refractivity (Wildman–Crippen MR) is 93.7 cm³/mol. The van der Waals surface area contributed by atoms with Gasteiger partial charge >= 0.3 is 0 Å². The Hall–Kier alpha value is -3.29. The van der Waals surface area contributed by atoms with Crippen LogP contribution in [0.4, 0.5) is 8.78 Å². The molecule has 6 nitrogen and oxygen atoms in total. The molecule has 0 N–H and O–H groups in total. The molecule has 0 fully saturated rings. The van der Waals surface area contributed by atoms with E-state index in [0.29, 0.717) is 18.7 Å². The lowest BCUT2D eigenvalue weighted by molar-refractivity contribution is 0.0704. The van der Waals surface area contributed by atoms with Crippen molar-refractivity contribution in [1.29, 1.82) is 0 Å². The minimum atomic E-state index is -0.749. The van der Waals surface area contributed by atoms with E-state index in [9.17, 15) is 18.4 Å². The number of rotatable bonds is 2. The van der Waals surface area contributed by atoms with E-state index in [4.69, 9.17) is 0 Å². The summed E-state index contributed by atoms with van der Waals surface area (Å²) in [6.45, 7) is 2.95. The Labute approximate surface area is 153 Å². The first kappa shape index (κ1) is 17.1. The quantitative estimate of drug-likeness (QED) is 0.695. The molecule has 0 saturated carbocycles. The monoisotopic (exact) mass is 370 g/mol. The predicted octanol–water partition coefficient (Wildman–Crippen LogP) is 2.28. The number of imidazole rings is 1. The minimum absolute atomic E-state index is 0.0545. The number of hydrogen-bond acceptors (Lipinski definition) is 3. The van der Waals surface area contributed by atoms with Gasteiger partial charge in [0.25, 0.3) is 11.5 Å². The molecule has 1 aliphatic heterocycles. The Morgan fingerprint density at radius 1 is 1.15 bits per heavy atom. The highest BCUT2D eigenvalue weighted by atomic mass is 19.1. The standard InChI is InChI=1S/C19H16F2N4O2/c1-12-4-6-25(15-10-13(20)2-3-14(15)21)19(27)17(12)18(26)24-9-8-23-7-5-22-16(23)11-24/h2-7,10H,8-9,11H2,1H3. The number of amides is 1. The van der Waals surface area contributed by atoms with Crippen molar-refractivity contribution in [1.82, 2.24) is 19.0 Å². The molecule has 2 aromatic heterocycles. The zero-order valence-corrected chi connectivity index (χ0v) is 14.5. The van der Waals surface area contributed by atoms with Crippen LogP contribution < -0.4 is 5.56 Å². The second-order valence-corrected chi connectivity index (χ2v) is 6.41. The zero-order valence-electron chi connectivity index (χ0n) is 14.5. The molecule has 138 valence electrons. The lowest BCUT2D eigenvalue weighted by Gasteiger charge is -2.28. The molecule has 27 heavy (non-hydrogen) atoms. The van der Waals surface area contributed by atoms with Gasteiger partial charge in [0, 0.05) is 37.7 Å². The van der Waals surface area contributed by atoms with E-state index in [2.05, 4.69) is 4.98 Å². The number of halogens is 2. The van der Waals surface area contributed by atoms with Crippen molar-refractivity contribution in [3.63, 3.8) is 0 Å². The van der Waals surface area contributed by atoms with Crippen LogP contribution in [0, 0.1) is 18.6 Å². The first-order valence-electron chi connectivity index (χ1n) is 8.42. The number of fused-ring (bicyclic) bond motifs is 1. The first-order chi connectivity index (χ1) is 13.0. The molecular weight excluding hydrogens is 354 g/mol. The normalized spacial score (nSPS) is 13.5. The van der Waals surface area contributed by atoms with Crippen molar-refractivity contribution in [3.8, 4) is 5.69 Å². The van der Waals surface area contributed by atoms with E-state index < -0.39 is 23.1 Å². The summed E-state index contributed by atoms with van der Waals surface area (Å²) in [6.07, 6.45) is 4.84. The van der Waals surface area contributed by atoms with Gasteiger partial charge in [0.1, 0.15) is 23.0 Å². The molecule has 3 aromatic rings. The van der Waals surface area contributed by atoms with E-state index >= 15 is 0 Å². The molecule has 1 aliphatic rings. The fraction of sp³-hybridized carbons (Fsp3) is 0.211. The van der Waals surface area contributed by atoms with Gasteiger partial charge in [-0.15, -0.1) is 0 Å². The largest absolute Gasteiger partial charge is 0.332 e. The molecule has 8 heteroatoms. The van der Waals surface area contributed by atoms with Gasteiger partial charge in [0.05, 0.1) is 12.2 Å². The Balaban J connectivity index is 1.76. The number of carbonyl (C=O) groups excluding carboxylic acids is 1. The molecule has 3 heterocycles. The number of hydrogen-bond donors (Lipinski definition) is 0. The number of aryl methyl sites for hydroxylation is 1. The maximum absolute atomic E-state index is 14.1. The van der Waals surface area contributed by atoms with Gasteiger partial charge in [-0.2, -0.15) is 0 Å². The number of benzene rings is 1. The lowest BCUT2D eigenvalue weighted by atomic mass is 10.1. The van der Waals surface area contributed by atoms with Crippen molar-refractivity contribution < 1.29 is 13.6 Å². The summed E-state index contributed by atoms with van der Waals surface area (Å²) >= 11 is 0. The highest BCUT2D eigenvalue weighted by Gasteiger charge is 2.26. The van der Waals surface area contributed by atoms with Gasteiger partial charge in [-0.3, -0.25) is 14.2 Å². The van der Waals surface area contributed by atoms with Crippen LogP contribution in [0.5, 0.6) is 0 Å². The number of pyridine rings is 1. The molecule has 0 unspecified atom stereocenters. The van der Waals surface area contributed by atoms with Gasteiger partial charge in [-0.05, 0) is 30.7 Å². The van der Waals surface area contributed by atoms with Gasteiger partial charge < -0.3 is 9.47 Å². The van der Waals surface area contributed by atoms with Crippen molar-refractivity contribution in [2.75, 3.05) is 6.54 Å². The molecule has 0 aliphatic carbocycles. The summed E-state index contributed by atoms with van der Waals surface area (Å²) in [5.41, 5.74) is -0.491. The van der Waals surface area contributed by atoms with Gasteiger partial charge in [-0.1, -0.05) is 0 Å². The fourth-order valence-electron chi connectivity index (χ4n) is 3.25. The molecule has 0 atom stereocenters. The molecular formula is C19H16F2N4O2. The average Bonchev–Trinajstić information content (AvgIpc) is 3.12. The van der Waals surface area contributed by atoms with E-state index in [-0.39, 0.29) is 17.8 Å². The fourth-order valence-corrected chi connectivity index (χ4v) is 3.25. The summed E-state index contributed by atoms with van der Waals surface area (Å²) in [6, 6.07) is 4.39. The van der Waals surface area contributed by atoms with Crippen LogP contribution in [-0.2, 0) is 13.1 Å². The van der Waals surface area contributed by atoms with Gasteiger partial charge in [0.2, 0.25) is 0 Å². The molecule has 1 amide bonds. The smallest absolute Gasteiger partial charge is 0.268 e. The Morgan fingerprint density at radius 2 is 1.96 bits per heavy atom. The van der Waals surface area contributed by atoms with Crippen LogP contribution in [0.25, 0.3) is 5.69 Å². The third kappa shape index (κ3) is 2.92. The lowest BCUT2D eigenvalue weighted by Crippen LogP contribution is -2.41. The highest BCUT2D eigenvalue weighted by Crippen LogP contribution is 2.17. The second-order valence-electron chi connectivity index (χ2n) is 6.41. The third-order valence-corrected chi connectivity index (χ3v) is 4.71. The highest BCUT2D eigenvalue weighted by molar-refractivity contribution is 5.95. The van der Waals surface area contributed by atoms with Crippen LogP contribution in [0.3, 0.4) is 0 Å². The zero-order chi connectivity index (χ0) is 19.1. The summed E-state index contributed by atoms with van der Waals surface area (Å²) in [5, 5.41) is 0. The molecule has 0 spiro atoms. The maximum atomic E-state index is 14.1. The van der Waals surface area contributed by atoms with Crippen LogP contribution in [0.15, 0.2) is 47.7 Å². The second kappa shape index (κ2) is 6.46. The molecule has 0 radical (unpaired) electrons. The van der Waals surface area contributed by atoms with Crippen LogP contribution in [0.2, 0.25) is 0 Å². The Morgan fingerprint density at radius 3 is 2.78 bits per heavy atom. The van der Waals surface area contributed by atoms with E-state index in [1.165, 1.54) is 6.20 Å². The van der Waals surface area contributed by atoms with Gasteiger partial charge in [0.15, 0.2) is 0 Å². The summed E-state index contributed by atoms with van der Waals surface area (Å²) in [4.78, 5) is 31.7. The first-order valence-corrected chi connectivity index (χ1v) is 8.42. The van der Waals surface area contributed by atoms with Crippen LogP contribution in [0.1, 0.15) is 21.7 Å². The average molecular weight is 370 g/mol. The number of aromatic nitrogens is 3. The summed E-state index contributed by atoms with van der Waals surface area (Å²) < 4.78 is 30.6. The van der Waals surface area contributed by atoms with Crippen LogP contribution >= 0.6 is 0 Å². The number of nitrogens with zero attached hydrogens (tertiary/aromatic N) is 4. The Bertz CT molecular complexity index is 1100. The van der Waals surface area contributed by atoms with Crippen molar-refractivity contribution in [2.24, 2.45) is 0 Å². The summed E-state index contributed by atoms with van der Waals surface area (Å²) in [5.74, 6) is -1.13. The van der Waals surface area contributed by atoms with Crippen molar-refractivity contribution >= 4 is 5.91 Å². The topological polar surface area (TPSA) is 60.1 Å². The van der Waals surface area contributed by atoms with Crippen molar-refractivity contribution in [2.45, 2.75) is 20.0 Å². The maximum Gasteiger partial charge on any atom is 0.268 e. The molecule has 1 aromatic carbocycles. The summed E-state index contributed by atoms with van der Waals surface area (Å²) in [7, 11) is 0. The SMILES string of the molecule is Cc1ccn(-c2cc(F)ccc2F)c(=O)c1C(=O)N1CCn2ccnc2C1. The molecule has 0 saturated heterocycles. The van der Waals surface area contributed by atoms with E-state index in [1.807, 2.05) is 10.8 Å². The minimum Gasteiger partial charge on any atom is -0.332 e. The van der Waals surface area contributed by atoms with Crippen LogP contribution in [-0.4, -0.2) is 31.5 Å². The van der Waals surface area contributed by atoms with Gasteiger partial charge in [-0.25, -0.2) is 13.8 Å². The van der Waals surface area contributed by atoms with E-state index in [1.54, 1.807) is 24.1 Å².